The maximum Gasteiger partial charge on any atom is 0.171 e. The van der Waals surface area contributed by atoms with Crippen LogP contribution in [0.4, 0.5) is 0 Å². The van der Waals surface area contributed by atoms with Crippen LogP contribution in [0.2, 0.25) is 0 Å². The summed E-state index contributed by atoms with van der Waals surface area (Å²) in [5.41, 5.74) is 0.138. The quantitative estimate of drug-likeness (QED) is 0.774. The van der Waals surface area contributed by atoms with Crippen molar-refractivity contribution < 1.29 is 9.90 Å². The lowest BCUT2D eigenvalue weighted by Gasteiger charge is -2.66. The molecule has 0 spiro atoms. The minimum absolute atomic E-state index is 0.109. The Bertz CT molecular complexity index is 881. The van der Waals surface area contributed by atoms with E-state index in [2.05, 4.69) is 36.2 Å². The van der Waals surface area contributed by atoms with Crippen LogP contribution in [-0.2, 0) is 11.3 Å². The molecule has 0 saturated heterocycles. The topological polar surface area (TPSA) is 80.9 Å². The molecule has 1 heterocycles. The highest BCUT2D eigenvalue weighted by Crippen LogP contribution is 2.71. The van der Waals surface area contributed by atoms with Crippen LogP contribution >= 0.6 is 0 Å². The molecule has 6 heteroatoms. The van der Waals surface area contributed by atoms with E-state index in [9.17, 15) is 9.90 Å². The minimum atomic E-state index is -0.511. The number of tetrazole rings is 1. The summed E-state index contributed by atoms with van der Waals surface area (Å²) in [4.78, 5) is 14.8. The second-order valence-corrected chi connectivity index (χ2v) is 12.6. The van der Waals surface area contributed by atoms with E-state index in [1.54, 1.807) is 0 Å². The van der Waals surface area contributed by atoms with Crippen LogP contribution in [0, 0.1) is 46.8 Å². The van der Waals surface area contributed by atoms with Crippen molar-refractivity contribution in [2.24, 2.45) is 39.9 Å². The van der Waals surface area contributed by atoms with Gasteiger partial charge in [-0.05, 0) is 111 Å². The van der Waals surface area contributed by atoms with E-state index in [-0.39, 0.29) is 23.3 Å². The number of carbonyl (C=O) groups excluding carboxylic acids is 1. The Morgan fingerprint density at radius 2 is 1.81 bits per heavy atom. The number of aryl methyl sites for hydroxylation is 1. The van der Waals surface area contributed by atoms with Gasteiger partial charge in [0.25, 0.3) is 0 Å². The van der Waals surface area contributed by atoms with Gasteiger partial charge < -0.3 is 5.11 Å². The molecule has 31 heavy (non-hydrogen) atoms. The minimum Gasteiger partial charge on any atom is -0.390 e. The van der Waals surface area contributed by atoms with Gasteiger partial charge in [0.1, 0.15) is 6.54 Å². The molecule has 0 amide bonds. The first kappa shape index (κ1) is 21.5. The van der Waals surface area contributed by atoms with Crippen molar-refractivity contribution >= 4 is 5.78 Å². The fourth-order valence-electron chi connectivity index (χ4n) is 9.10. The van der Waals surface area contributed by atoms with E-state index in [0.717, 1.165) is 43.9 Å². The lowest BCUT2D eigenvalue weighted by molar-refractivity contribution is -0.189. The van der Waals surface area contributed by atoms with Crippen LogP contribution in [-0.4, -0.2) is 36.7 Å². The summed E-state index contributed by atoms with van der Waals surface area (Å²) in [5, 5.41) is 23.0. The van der Waals surface area contributed by atoms with Gasteiger partial charge in [-0.15, -0.1) is 10.2 Å². The highest BCUT2D eigenvalue weighted by atomic mass is 16.3. The van der Waals surface area contributed by atoms with E-state index in [0.29, 0.717) is 22.9 Å². The zero-order chi connectivity index (χ0) is 22.2. The number of aromatic nitrogens is 4. The first-order valence-electron chi connectivity index (χ1n) is 12.5. The Morgan fingerprint density at radius 3 is 2.52 bits per heavy atom. The molecule has 5 rings (SSSR count). The van der Waals surface area contributed by atoms with Gasteiger partial charge in [-0.1, -0.05) is 20.8 Å². The third kappa shape index (κ3) is 3.14. The molecule has 1 aromatic heterocycles. The molecule has 4 saturated carbocycles. The predicted octanol–water partition coefficient (Wildman–Crippen LogP) is 4.35. The van der Waals surface area contributed by atoms with Crippen molar-refractivity contribution in [1.29, 1.82) is 0 Å². The smallest absolute Gasteiger partial charge is 0.171 e. The van der Waals surface area contributed by atoms with Gasteiger partial charge >= 0.3 is 0 Å². The third-order valence-corrected chi connectivity index (χ3v) is 10.9. The van der Waals surface area contributed by atoms with Crippen molar-refractivity contribution in [2.75, 3.05) is 0 Å². The molecule has 0 aliphatic heterocycles. The number of ketones is 1. The highest BCUT2D eigenvalue weighted by Gasteiger charge is 2.64. The molecule has 8 atom stereocenters. The maximum absolute atomic E-state index is 13.3. The van der Waals surface area contributed by atoms with Gasteiger partial charge in [-0.2, -0.15) is 4.80 Å². The molecule has 1 aromatic rings. The number of nitrogens with zero attached hydrogens (tertiary/aromatic N) is 4. The lowest BCUT2D eigenvalue weighted by atomic mass is 9.39. The zero-order valence-electron chi connectivity index (χ0n) is 20.0. The number of fused-ring (bicyclic) bond motifs is 5. The van der Waals surface area contributed by atoms with Crippen LogP contribution in [0.15, 0.2) is 0 Å². The molecule has 172 valence electrons. The predicted molar refractivity (Wildman–Crippen MR) is 118 cm³/mol. The third-order valence-electron chi connectivity index (χ3n) is 10.9. The van der Waals surface area contributed by atoms with Crippen molar-refractivity contribution in [2.45, 2.75) is 105 Å². The summed E-state index contributed by atoms with van der Waals surface area (Å²) < 4.78 is 0. The van der Waals surface area contributed by atoms with Gasteiger partial charge in [0.05, 0.1) is 5.60 Å². The van der Waals surface area contributed by atoms with E-state index in [1.807, 2.05) is 13.8 Å². The van der Waals surface area contributed by atoms with Gasteiger partial charge in [0, 0.05) is 5.92 Å². The Balaban J connectivity index is 1.37. The van der Waals surface area contributed by atoms with Gasteiger partial charge in [0.2, 0.25) is 0 Å². The van der Waals surface area contributed by atoms with Crippen molar-refractivity contribution in [3.05, 3.63) is 5.82 Å². The summed E-state index contributed by atoms with van der Waals surface area (Å²) in [6.07, 6.45) is 10.1. The Morgan fingerprint density at radius 1 is 1.03 bits per heavy atom. The number of carbonyl (C=O) groups is 1. The van der Waals surface area contributed by atoms with E-state index >= 15 is 0 Å². The normalized spacial score (nSPS) is 49.2. The summed E-state index contributed by atoms with van der Waals surface area (Å²) in [6.45, 7) is 11.5. The number of Topliss-reactive ketones (excluding diaryl/α,β-unsaturated/α-hetero) is 1. The molecule has 4 aliphatic rings. The summed E-state index contributed by atoms with van der Waals surface area (Å²) in [6, 6.07) is 0. The summed E-state index contributed by atoms with van der Waals surface area (Å²) in [7, 11) is 0. The van der Waals surface area contributed by atoms with Crippen LogP contribution < -0.4 is 0 Å². The lowest BCUT2D eigenvalue weighted by Crippen LogP contribution is -2.60. The first-order chi connectivity index (χ1) is 14.5. The Kier molecular flexibility index (Phi) is 4.76. The Labute approximate surface area is 186 Å². The van der Waals surface area contributed by atoms with E-state index in [4.69, 9.17) is 0 Å². The second kappa shape index (κ2) is 6.85. The van der Waals surface area contributed by atoms with Crippen LogP contribution in [0.5, 0.6) is 0 Å². The Hall–Kier alpha value is -1.30. The van der Waals surface area contributed by atoms with Crippen LogP contribution in [0.1, 0.15) is 91.3 Å². The van der Waals surface area contributed by atoms with Crippen molar-refractivity contribution in [3.63, 3.8) is 0 Å². The average molecular weight is 429 g/mol. The molecule has 4 aliphatic carbocycles. The fourth-order valence-corrected chi connectivity index (χ4v) is 9.10. The molecule has 0 radical (unpaired) electrons. The van der Waals surface area contributed by atoms with Crippen molar-refractivity contribution in [1.82, 2.24) is 20.2 Å². The fraction of sp³-hybridized carbons (Fsp3) is 0.920. The SMILES string of the molecule is Cc1nnn(CC(=O)[C@H]2CC[C@H]3[C@@H]4CC[C@]5(C)C[C@](C)(O)CC[C@]5(C)[C@H]4CC[C@]23C)n1. The monoisotopic (exact) mass is 428 g/mol. The maximum atomic E-state index is 13.3. The number of hydrogen-bond acceptors (Lipinski definition) is 5. The van der Waals surface area contributed by atoms with E-state index < -0.39 is 5.60 Å². The zero-order valence-corrected chi connectivity index (χ0v) is 20.0. The molecule has 1 N–H and O–H groups in total. The summed E-state index contributed by atoms with van der Waals surface area (Å²) >= 11 is 0. The van der Waals surface area contributed by atoms with Crippen molar-refractivity contribution in [3.8, 4) is 0 Å². The molecule has 6 nitrogen and oxygen atoms in total. The largest absolute Gasteiger partial charge is 0.390 e. The molecule has 0 unspecified atom stereocenters. The molecular formula is C25H40N4O2. The molecule has 4 fully saturated rings. The second-order valence-electron chi connectivity index (χ2n) is 12.6. The van der Waals surface area contributed by atoms with Crippen LogP contribution in [0.3, 0.4) is 0 Å². The van der Waals surface area contributed by atoms with Gasteiger partial charge in [0.15, 0.2) is 11.6 Å². The number of hydrogen-bond donors (Lipinski definition) is 1. The molecule has 0 bridgehead atoms. The molecular weight excluding hydrogens is 388 g/mol. The van der Waals surface area contributed by atoms with Gasteiger partial charge in [-0.3, -0.25) is 4.79 Å². The van der Waals surface area contributed by atoms with E-state index in [1.165, 1.54) is 30.5 Å². The molecule has 0 aromatic carbocycles. The van der Waals surface area contributed by atoms with Gasteiger partial charge in [-0.25, -0.2) is 0 Å². The average Bonchev–Trinajstić information content (AvgIpc) is 3.25. The summed E-state index contributed by atoms with van der Waals surface area (Å²) in [5.74, 6) is 3.14. The number of aliphatic hydroxyl groups is 1. The standard InChI is InChI=1S/C25H40N4O2/c1-16-26-28-29(27-16)14-21(30)20-7-6-18-17-8-10-22(2)15-23(3,31)12-13-25(22,5)19(17)9-11-24(18,20)4/h17-20,31H,6-15H2,1-5H3/t17-,18-,19-,20+,22+,23+,24-,25+/m0/s1. The number of rotatable bonds is 3. The first-order valence-corrected chi connectivity index (χ1v) is 12.5. The highest BCUT2D eigenvalue weighted by molar-refractivity contribution is 5.81. The van der Waals surface area contributed by atoms with Crippen LogP contribution in [0.25, 0.3) is 0 Å².